The Morgan fingerprint density at radius 2 is 2.05 bits per heavy atom. The number of benzene rings is 1. The molecule has 0 aliphatic carbocycles. The molecule has 1 aromatic carbocycles. The van der Waals surface area contributed by atoms with E-state index >= 15 is 0 Å². The summed E-state index contributed by atoms with van der Waals surface area (Å²) in [6, 6.07) is 11.7. The fraction of sp³-hybridized carbons (Fsp3) is 0.125. The number of nitrogens with zero attached hydrogens (tertiary/aromatic N) is 1. The minimum Gasteiger partial charge on any atom is -0.461 e. The Morgan fingerprint density at radius 3 is 2.81 bits per heavy atom. The van der Waals surface area contributed by atoms with Crippen molar-refractivity contribution in [1.29, 1.82) is 0 Å². The van der Waals surface area contributed by atoms with Crippen molar-refractivity contribution >= 4 is 5.97 Å². The molecule has 0 amide bonds. The standard InChI is InChI=1S/C16H15N3O2/c1-2-21-16(20)14-8-12(9-17-14)15-13(10-18-19-15)11-6-4-3-5-7-11/h3-10,17H,2H2,1H3,(H,18,19). The number of esters is 1. The van der Waals surface area contributed by atoms with Gasteiger partial charge in [0, 0.05) is 17.3 Å². The summed E-state index contributed by atoms with van der Waals surface area (Å²) in [4.78, 5) is 14.6. The summed E-state index contributed by atoms with van der Waals surface area (Å²) in [5, 5.41) is 7.09. The number of ether oxygens (including phenoxy) is 1. The van der Waals surface area contributed by atoms with Gasteiger partial charge in [0.2, 0.25) is 0 Å². The van der Waals surface area contributed by atoms with Gasteiger partial charge in [0.25, 0.3) is 0 Å². The van der Waals surface area contributed by atoms with Crippen molar-refractivity contribution in [3.8, 4) is 22.4 Å². The number of nitrogens with one attached hydrogen (secondary N) is 2. The third-order valence-corrected chi connectivity index (χ3v) is 3.19. The highest BCUT2D eigenvalue weighted by Crippen LogP contribution is 2.30. The molecule has 21 heavy (non-hydrogen) atoms. The van der Waals surface area contributed by atoms with Crippen molar-refractivity contribution in [2.75, 3.05) is 6.61 Å². The van der Waals surface area contributed by atoms with E-state index in [1.165, 1.54) is 0 Å². The van der Waals surface area contributed by atoms with Crippen LogP contribution in [0.15, 0.2) is 48.8 Å². The van der Waals surface area contributed by atoms with Crippen LogP contribution in [0.1, 0.15) is 17.4 Å². The molecule has 2 aromatic heterocycles. The molecule has 0 saturated carbocycles. The molecular formula is C16H15N3O2. The third kappa shape index (κ3) is 2.58. The molecule has 3 rings (SSSR count). The van der Waals surface area contributed by atoms with Gasteiger partial charge in [-0.15, -0.1) is 0 Å². The first kappa shape index (κ1) is 13.2. The second-order valence-electron chi connectivity index (χ2n) is 4.55. The Kier molecular flexibility index (Phi) is 3.55. The number of H-pyrrole nitrogens is 2. The first-order valence-electron chi connectivity index (χ1n) is 6.74. The molecule has 0 radical (unpaired) electrons. The summed E-state index contributed by atoms with van der Waals surface area (Å²) in [5.41, 5.74) is 4.23. The SMILES string of the molecule is CCOC(=O)c1cc(-c2[nH]ncc2-c2ccccc2)c[nH]1. The molecule has 0 saturated heterocycles. The zero-order chi connectivity index (χ0) is 14.7. The molecule has 0 fully saturated rings. The van der Waals surface area contributed by atoms with Gasteiger partial charge in [0.05, 0.1) is 18.5 Å². The summed E-state index contributed by atoms with van der Waals surface area (Å²) < 4.78 is 4.98. The minimum atomic E-state index is -0.357. The highest BCUT2D eigenvalue weighted by molar-refractivity contribution is 5.90. The van der Waals surface area contributed by atoms with Crippen molar-refractivity contribution in [3.63, 3.8) is 0 Å². The molecule has 0 aliphatic rings. The predicted molar refractivity (Wildman–Crippen MR) is 79.8 cm³/mol. The molecule has 0 bridgehead atoms. The summed E-state index contributed by atoms with van der Waals surface area (Å²) in [6.45, 7) is 2.14. The molecular weight excluding hydrogens is 266 g/mol. The molecule has 2 heterocycles. The lowest BCUT2D eigenvalue weighted by atomic mass is 10.0. The van der Waals surface area contributed by atoms with Crippen LogP contribution in [0.25, 0.3) is 22.4 Å². The van der Waals surface area contributed by atoms with Crippen molar-refractivity contribution in [2.45, 2.75) is 6.92 Å². The highest BCUT2D eigenvalue weighted by Gasteiger charge is 2.14. The van der Waals surface area contributed by atoms with Crippen LogP contribution in [0.5, 0.6) is 0 Å². The predicted octanol–water partition coefficient (Wildman–Crippen LogP) is 3.25. The van der Waals surface area contributed by atoms with Crippen LogP contribution in [0.3, 0.4) is 0 Å². The quantitative estimate of drug-likeness (QED) is 0.721. The molecule has 0 atom stereocenters. The number of carbonyl (C=O) groups is 1. The lowest BCUT2D eigenvalue weighted by Gasteiger charge is -2.01. The van der Waals surface area contributed by atoms with E-state index in [0.717, 1.165) is 22.4 Å². The lowest BCUT2D eigenvalue weighted by Crippen LogP contribution is -2.04. The Hall–Kier alpha value is -2.82. The van der Waals surface area contributed by atoms with Crippen molar-refractivity contribution in [2.24, 2.45) is 0 Å². The van der Waals surface area contributed by atoms with Crippen LogP contribution in [-0.2, 0) is 4.74 Å². The first-order valence-corrected chi connectivity index (χ1v) is 6.74. The van der Waals surface area contributed by atoms with Crippen molar-refractivity contribution in [3.05, 3.63) is 54.5 Å². The first-order chi connectivity index (χ1) is 10.3. The van der Waals surface area contributed by atoms with Crippen LogP contribution in [-0.4, -0.2) is 27.8 Å². The Balaban J connectivity index is 1.96. The van der Waals surface area contributed by atoms with E-state index in [1.807, 2.05) is 30.3 Å². The van der Waals surface area contributed by atoms with Crippen LogP contribution in [0.2, 0.25) is 0 Å². The maximum Gasteiger partial charge on any atom is 0.354 e. The molecule has 3 aromatic rings. The van der Waals surface area contributed by atoms with E-state index in [4.69, 9.17) is 4.74 Å². The van der Waals surface area contributed by atoms with Gasteiger partial charge in [-0.1, -0.05) is 30.3 Å². The van der Waals surface area contributed by atoms with Gasteiger partial charge >= 0.3 is 5.97 Å². The molecule has 0 spiro atoms. The van der Waals surface area contributed by atoms with Crippen LogP contribution >= 0.6 is 0 Å². The smallest absolute Gasteiger partial charge is 0.354 e. The average molecular weight is 281 g/mol. The highest BCUT2D eigenvalue weighted by atomic mass is 16.5. The largest absolute Gasteiger partial charge is 0.461 e. The molecule has 0 aliphatic heterocycles. The Bertz CT molecular complexity index is 744. The van der Waals surface area contributed by atoms with Crippen LogP contribution in [0, 0.1) is 0 Å². The maximum absolute atomic E-state index is 11.7. The van der Waals surface area contributed by atoms with Crippen LogP contribution in [0.4, 0.5) is 0 Å². The number of aromatic amines is 2. The summed E-state index contributed by atoms with van der Waals surface area (Å²) in [6.07, 6.45) is 3.55. The average Bonchev–Trinajstić information content (AvgIpc) is 3.17. The fourth-order valence-corrected chi connectivity index (χ4v) is 2.21. The third-order valence-electron chi connectivity index (χ3n) is 3.19. The van der Waals surface area contributed by atoms with Gasteiger partial charge in [-0.3, -0.25) is 5.10 Å². The van der Waals surface area contributed by atoms with E-state index in [-0.39, 0.29) is 5.97 Å². The van der Waals surface area contributed by atoms with E-state index < -0.39 is 0 Å². The number of carbonyl (C=O) groups excluding carboxylic acids is 1. The van der Waals surface area contributed by atoms with E-state index in [2.05, 4.69) is 15.2 Å². The zero-order valence-electron chi connectivity index (χ0n) is 11.6. The minimum absolute atomic E-state index is 0.354. The van der Waals surface area contributed by atoms with E-state index in [0.29, 0.717) is 12.3 Å². The van der Waals surface area contributed by atoms with Gasteiger partial charge in [-0.25, -0.2) is 4.79 Å². The normalized spacial score (nSPS) is 10.5. The number of hydrogen-bond donors (Lipinski definition) is 2. The van der Waals surface area contributed by atoms with Crippen molar-refractivity contribution < 1.29 is 9.53 Å². The topological polar surface area (TPSA) is 70.8 Å². The van der Waals surface area contributed by atoms with E-state index in [9.17, 15) is 4.79 Å². The number of hydrogen-bond acceptors (Lipinski definition) is 3. The Labute approximate surface area is 122 Å². The van der Waals surface area contributed by atoms with Gasteiger partial charge in [-0.2, -0.15) is 5.10 Å². The van der Waals surface area contributed by atoms with Gasteiger partial charge in [-0.05, 0) is 18.6 Å². The summed E-state index contributed by atoms with van der Waals surface area (Å²) in [7, 11) is 0. The van der Waals surface area contributed by atoms with Crippen molar-refractivity contribution in [1.82, 2.24) is 15.2 Å². The van der Waals surface area contributed by atoms with Gasteiger partial charge in [0.1, 0.15) is 5.69 Å². The van der Waals surface area contributed by atoms with Gasteiger partial charge < -0.3 is 9.72 Å². The summed E-state index contributed by atoms with van der Waals surface area (Å²) >= 11 is 0. The molecule has 2 N–H and O–H groups in total. The monoisotopic (exact) mass is 281 g/mol. The molecule has 106 valence electrons. The number of aromatic nitrogens is 3. The molecule has 0 unspecified atom stereocenters. The van der Waals surface area contributed by atoms with Crippen LogP contribution < -0.4 is 0 Å². The fourth-order valence-electron chi connectivity index (χ4n) is 2.21. The zero-order valence-corrected chi connectivity index (χ0v) is 11.6. The molecule has 5 nitrogen and oxygen atoms in total. The van der Waals surface area contributed by atoms with Gasteiger partial charge in [0.15, 0.2) is 0 Å². The second-order valence-corrected chi connectivity index (χ2v) is 4.55. The summed E-state index contributed by atoms with van der Waals surface area (Å²) in [5.74, 6) is -0.357. The molecule has 5 heteroatoms. The second kappa shape index (κ2) is 5.66. The Morgan fingerprint density at radius 1 is 1.24 bits per heavy atom. The number of rotatable bonds is 4. The maximum atomic E-state index is 11.7. The van der Waals surface area contributed by atoms with E-state index in [1.54, 1.807) is 25.4 Å². The lowest BCUT2D eigenvalue weighted by molar-refractivity contribution is 0.0520.